The summed E-state index contributed by atoms with van der Waals surface area (Å²) in [6.45, 7) is 1.94. The third-order valence-electron chi connectivity index (χ3n) is 6.11. The number of hydrogen-bond donors (Lipinski definition) is 4. The Morgan fingerprint density at radius 2 is 1.83 bits per heavy atom. The number of carbonyl (C=O) groups excluding carboxylic acids is 5. The van der Waals surface area contributed by atoms with Crippen LogP contribution in [0.2, 0.25) is 0 Å². The van der Waals surface area contributed by atoms with Crippen molar-refractivity contribution in [2.45, 2.75) is 54.8 Å². The summed E-state index contributed by atoms with van der Waals surface area (Å²) in [6, 6.07) is 4.81. The van der Waals surface area contributed by atoms with E-state index in [0.717, 1.165) is 17.9 Å². The Hall–Kier alpha value is -2.25. The first-order valence-corrected chi connectivity index (χ1v) is 14.0. The molecule has 3 atom stereocenters. The van der Waals surface area contributed by atoms with Crippen molar-refractivity contribution < 1.29 is 24.0 Å². The number of amides is 4. The molecule has 0 bridgehead atoms. The Morgan fingerprint density at radius 3 is 2.44 bits per heavy atom. The van der Waals surface area contributed by atoms with Crippen molar-refractivity contribution in [1.29, 1.82) is 0 Å². The second kappa shape index (κ2) is 12.8. The lowest BCUT2D eigenvalue weighted by Crippen LogP contribution is -2.57. The van der Waals surface area contributed by atoms with Gasteiger partial charge in [-0.2, -0.15) is 0 Å². The maximum atomic E-state index is 13.8. The van der Waals surface area contributed by atoms with Crippen LogP contribution in [0.5, 0.6) is 0 Å². The summed E-state index contributed by atoms with van der Waals surface area (Å²) < 4.78 is -0.231. The van der Waals surface area contributed by atoms with Gasteiger partial charge < -0.3 is 22.1 Å². The topological polar surface area (TPSA) is 165 Å². The highest BCUT2D eigenvalue weighted by atomic mass is 32.2. The van der Waals surface area contributed by atoms with Crippen LogP contribution >= 0.6 is 23.5 Å². The van der Waals surface area contributed by atoms with Crippen LogP contribution in [0.15, 0.2) is 30.3 Å². The predicted octanol–water partition coefficient (Wildman–Crippen LogP) is 0.309. The first-order valence-electron chi connectivity index (χ1n) is 12.0. The van der Waals surface area contributed by atoms with Crippen molar-refractivity contribution in [1.82, 2.24) is 15.5 Å². The van der Waals surface area contributed by atoms with E-state index < -0.39 is 54.1 Å². The molecule has 2 heterocycles. The molecule has 2 saturated heterocycles. The summed E-state index contributed by atoms with van der Waals surface area (Å²) >= 11 is 3.51. The van der Waals surface area contributed by atoms with Gasteiger partial charge in [0.15, 0.2) is 0 Å². The molecule has 1 spiro atoms. The van der Waals surface area contributed by atoms with Gasteiger partial charge in [0.25, 0.3) is 11.8 Å². The zero-order valence-corrected chi connectivity index (χ0v) is 21.9. The summed E-state index contributed by atoms with van der Waals surface area (Å²) in [6.07, 6.45) is 2.24. The highest BCUT2D eigenvalue weighted by molar-refractivity contribution is 8.18. The molecule has 12 heteroatoms. The van der Waals surface area contributed by atoms with Gasteiger partial charge in [0, 0.05) is 6.54 Å². The molecule has 2 aliphatic rings. The first-order chi connectivity index (χ1) is 17.2. The second-order valence-electron chi connectivity index (χ2n) is 8.79. The molecule has 0 aromatic heterocycles. The highest BCUT2D eigenvalue weighted by Crippen LogP contribution is 2.47. The fraction of sp³-hybridized carbons (Fsp3) is 0.542. The van der Waals surface area contributed by atoms with E-state index in [2.05, 4.69) is 10.6 Å². The largest absolute Gasteiger partial charge is 0.339 e. The fourth-order valence-corrected chi connectivity index (χ4v) is 7.48. The summed E-state index contributed by atoms with van der Waals surface area (Å²) in [7, 11) is 0. The van der Waals surface area contributed by atoms with Crippen molar-refractivity contribution in [3.63, 3.8) is 0 Å². The maximum Gasteiger partial charge on any atom is 0.305 e. The summed E-state index contributed by atoms with van der Waals surface area (Å²) in [5.74, 6) is -2.90. The van der Waals surface area contributed by atoms with Crippen molar-refractivity contribution in [2.75, 3.05) is 24.6 Å². The molecule has 1 aromatic rings. The van der Waals surface area contributed by atoms with Crippen LogP contribution < -0.4 is 22.1 Å². The SMILES string of the molecule is CCCC(N)C(=O)C(=O)N(C(=O)C1CC2(CN1)SCCCS2)C(=O)[C@@H](NC(=O)CN)c1ccccc1. The third kappa shape index (κ3) is 6.54. The van der Waals surface area contributed by atoms with Crippen LogP contribution in [-0.2, 0) is 24.0 Å². The molecule has 1 aromatic carbocycles. The lowest BCUT2D eigenvalue weighted by Gasteiger charge is -2.31. The number of carbonyl (C=O) groups is 5. The van der Waals surface area contributed by atoms with E-state index in [9.17, 15) is 24.0 Å². The van der Waals surface area contributed by atoms with Gasteiger partial charge in [-0.3, -0.25) is 24.0 Å². The van der Waals surface area contributed by atoms with Gasteiger partial charge in [-0.05, 0) is 36.3 Å². The van der Waals surface area contributed by atoms with E-state index in [1.807, 2.05) is 0 Å². The molecule has 6 N–H and O–H groups in total. The van der Waals surface area contributed by atoms with Crippen LogP contribution in [0.25, 0.3) is 0 Å². The van der Waals surface area contributed by atoms with Gasteiger partial charge in [0.1, 0.15) is 6.04 Å². The van der Waals surface area contributed by atoms with Crippen LogP contribution in [0, 0.1) is 0 Å². The van der Waals surface area contributed by atoms with Crippen molar-refractivity contribution >= 4 is 52.9 Å². The normalized spacial score (nSPS) is 20.4. The third-order valence-corrected chi connectivity index (χ3v) is 9.48. The van der Waals surface area contributed by atoms with E-state index in [0.29, 0.717) is 29.8 Å². The minimum Gasteiger partial charge on any atom is -0.339 e. The predicted molar refractivity (Wildman–Crippen MR) is 140 cm³/mol. The minimum absolute atomic E-state index is 0.227. The number of imide groups is 3. The lowest BCUT2D eigenvalue weighted by molar-refractivity contribution is -0.160. The van der Waals surface area contributed by atoms with Gasteiger partial charge in [-0.15, -0.1) is 23.5 Å². The number of rotatable bonds is 9. The Balaban J connectivity index is 1.95. The van der Waals surface area contributed by atoms with E-state index in [4.69, 9.17) is 11.5 Å². The Kier molecular flexibility index (Phi) is 10.1. The van der Waals surface area contributed by atoms with Gasteiger partial charge in [-0.1, -0.05) is 43.7 Å². The van der Waals surface area contributed by atoms with E-state index in [1.54, 1.807) is 60.8 Å². The molecule has 0 aliphatic carbocycles. The summed E-state index contributed by atoms with van der Waals surface area (Å²) in [5.41, 5.74) is 11.7. The van der Waals surface area contributed by atoms with E-state index in [1.165, 1.54) is 0 Å². The van der Waals surface area contributed by atoms with E-state index >= 15 is 0 Å². The Bertz CT molecular complexity index is 986. The average Bonchev–Trinajstić information content (AvgIpc) is 3.30. The molecular formula is C24H33N5O5S2. The molecular weight excluding hydrogens is 502 g/mol. The lowest BCUT2D eigenvalue weighted by atomic mass is 10.0. The Labute approximate surface area is 219 Å². The second-order valence-corrected chi connectivity index (χ2v) is 12.0. The number of hydrogen-bond acceptors (Lipinski definition) is 10. The molecule has 0 radical (unpaired) electrons. The quantitative estimate of drug-likeness (QED) is 0.323. The number of nitrogens with one attached hydrogen (secondary N) is 2. The van der Waals surface area contributed by atoms with Gasteiger partial charge in [0.2, 0.25) is 11.7 Å². The zero-order valence-electron chi connectivity index (χ0n) is 20.2. The molecule has 2 unspecified atom stereocenters. The number of nitrogens with two attached hydrogens (primary N) is 2. The Morgan fingerprint density at radius 1 is 1.17 bits per heavy atom. The zero-order chi connectivity index (χ0) is 26.3. The van der Waals surface area contributed by atoms with Gasteiger partial charge in [0.05, 0.1) is 22.7 Å². The molecule has 4 amide bonds. The number of thioether (sulfide) groups is 2. The van der Waals surface area contributed by atoms with Crippen molar-refractivity contribution in [2.24, 2.45) is 11.5 Å². The standard InChI is InChI=1S/C24H33N5O5S2/c1-2-7-16(26)20(31)23(34)29(21(32)17-12-24(14-27-17)35-10-6-11-36-24)22(33)19(28-18(30)13-25)15-8-4-3-5-9-15/h3-5,8-9,16-17,19,27H,2,6-7,10-14,25-26H2,1H3,(H,28,30)/t16?,17?,19-/m0/s1. The molecule has 3 rings (SSSR count). The first kappa shape index (κ1) is 28.3. The smallest absolute Gasteiger partial charge is 0.305 e. The molecule has 196 valence electrons. The minimum atomic E-state index is -1.39. The summed E-state index contributed by atoms with van der Waals surface area (Å²) in [4.78, 5) is 66.2. The van der Waals surface area contributed by atoms with Gasteiger partial charge >= 0.3 is 5.91 Å². The summed E-state index contributed by atoms with van der Waals surface area (Å²) in [5, 5.41) is 5.63. The maximum absolute atomic E-state index is 13.8. The highest BCUT2D eigenvalue weighted by Gasteiger charge is 2.48. The molecule has 2 aliphatic heterocycles. The molecule has 2 fully saturated rings. The molecule has 36 heavy (non-hydrogen) atoms. The number of Topliss-reactive ketones (excluding diaryl/α,β-unsaturated/α-hetero) is 1. The van der Waals surface area contributed by atoms with Crippen LogP contribution in [0.4, 0.5) is 0 Å². The van der Waals surface area contributed by atoms with Crippen LogP contribution in [-0.4, -0.2) is 75.1 Å². The number of ketones is 1. The molecule has 0 saturated carbocycles. The van der Waals surface area contributed by atoms with Crippen LogP contribution in [0.3, 0.4) is 0 Å². The van der Waals surface area contributed by atoms with Crippen molar-refractivity contribution in [3.05, 3.63) is 35.9 Å². The van der Waals surface area contributed by atoms with Crippen molar-refractivity contribution in [3.8, 4) is 0 Å². The van der Waals surface area contributed by atoms with E-state index in [-0.39, 0.29) is 10.5 Å². The monoisotopic (exact) mass is 535 g/mol. The van der Waals surface area contributed by atoms with Crippen LogP contribution in [0.1, 0.15) is 44.2 Å². The van der Waals surface area contributed by atoms with Gasteiger partial charge in [-0.25, -0.2) is 4.90 Å². The number of nitrogens with zero attached hydrogens (tertiary/aromatic N) is 1. The average molecular weight is 536 g/mol. The fourth-order valence-electron chi connectivity index (χ4n) is 4.20. The molecule has 10 nitrogen and oxygen atoms in total. The number of benzene rings is 1.